The molecule has 1 heterocycles. The molecule has 1 aliphatic rings. The first kappa shape index (κ1) is 10.4. The summed E-state index contributed by atoms with van der Waals surface area (Å²) in [6.45, 7) is 2.05. The number of nitrogens with one attached hydrogen (secondary N) is 1. The lowest BCUT2D eigenvalue weighted by atomic mass is 10.0. The lowest BCUT2D eigenvalue weighted by molar-refractivity contribution is -0.121. The molecular formula is C11H13ClN2O. The van der Waals surface area contributed by atoms with Crippen molar-refractivity contribution in [3.8, 4) is 0 Å². The van der Waals surface area contributed by atoms with Crippen LogP contribution in [0, 0.1) is 5.41 Å². The van der Waals surface area contributed by atoms with Crippen LogP contribution in [0.5, 0.6) is 0 Å². The fraction of sp³-hybridized carbons (Fsp3) is 0.455. The number of anilines is 1. The Bertz CT molecular complexity index is 388. The van der Waals surface area contributed by atoms with Crippen LogP contribution < -0.4 is 5.32 Å². The Hall–Kier alpha value is -1.09. The molecule has 0 radical (unpaired) electrons. The van der Waals surface area contributed by atoms with Crippen LogP contribution in [0.2, 0.25) is 5.15 Å². The van der Waals surface area contributed by atoms with Crippen molar-refractivity contribution in [1.29, 1.82) is 0 Å². The van der Waals surface area contributed by atoms with Crippen molar-refractivity contribution < 1.29 is 4.79 Å². The lowest BCUT2D eigenvalue weighted by Crippen LogP contribution is -2.23. The van der Waals surface area contributed by atoms with Crippen molar-refractivity contribution in [3.63, 3.8) is 0 Å². The van der Waals surface area contributed by atoms with Gasteiger partial charge in [-0.15, -0.1) is 0 Å². The average Bonchev–Trinajstić information content (AvgIpc) is 2.98. The highest BCUT2D eigenvalue weighted by molar-refractivity contribution is 6.29. The second kappa shape index (κ2) is 3.81. The molecule has 0 aliphatic heterocycles. The van der Waals surface area contributed by atoms with Crippen LogP contribution >= 0.6 is 11.6 Å². The van der Waals surface area contributed by atoms with E-state index in [1.807, 2.05) is 6.92 Å². The van der Waals surface area contributed by atoms with Crippen molar-refractivity contribution in [2.45, 2.75) is 26.2 Å². The highest BCUT2D eigenvalue weighted by Crippen LogP contribution is 2.49. The first-order chi connectivity index (χ1) is 7.16. The number of amides is 1. The topological polar surface area (TPSA) is 42.0 Å². The third-order valence-corrected chi connectivity index (χ3v) is 3.20. The van der Waals surface area contributed by atoms with Gasteiger partial charge in [-0.2, -0.15) is 0 Å². The molecule has 4 heteroatoms. The molecule has 80 valence electrons. The van der Waals surface area contributed by atoms with Crippen molar-refractivity contribution in [3.05, 3.63) is 23.5 Å². The minimum Gasteiger partial charge on any atom is -0.325 e. The average molecular weight is 225 g/mol. The van der Waals surface area contributed by atoms with Crippen LogP contribution in [-0.2, 0) is 4.79 Å². The number of carbonyl (C=O) groups is 1. The van der Waals surface area contributed by atoms with Gasteiger partial charge in [0.15, 0.2) is 0 Å². The van der Waals surface area contributed by atoms with Crippen molar-refractivity contribution >= 4 is 23.2 Å². The second-order valence-electron chi connectivity index (χ2n) is 3.96. The van der Waals surface area contributed by atoms with E-state index in [1.54, 1.807) is 18.3 Å². The molecule has 0 saturated heterocycles. The Kier molecular flexibility index (Phi) is 2.65. The van der Waals surface area contributed by atoms with Crippen molar-refractivity contribution in [2.24, 2.45) is 5.41 Å². The number of rotatable bonds is 3. The number of carbonyl (C=O) groups excluding carboxylic acids is 1. The van der Waals surface area contributed by atoms with Gasteiger partial charge in [0.1, 0.15) is 5.15 Å². The molecule has 1 aromatic heterocycles. The smallest absolute Gasteiger partial charge is 0.230 e. The summed E-state index contributed by atoms with van der Waals surface area (Å²) < 4.78 is 0. The Morgan fingerprint density at radius 2 is 2.40 bits per heavy atom. The SMILES string of the molecule is CCC1(C(=O)Nc2ccnc(Cl)c2)CC1. The van der Waals surface area contributed by atoms with E-state index in [1.165, 1.54) is 0 Å². The Labute approximate surface area is 93.8 Å². The van der Waals surface area contributed by atoms with Gasteiger partial charge in [-0.1, -0.05) is 18.5 Å². The van der Waals surface area contributed by atoms with Gasteiger partial charge in [-0.05, 0) is 31.4 Å². The van der Waals surface area contributed by atoms with Crippen molar-refractivity contribution in [2.75, 3.05) is 5.32 Å². The third kappa shape index (κ3) is 2.12. The first-order valence-electron chi connectivity index (χ1n) is 5.09. The van der Waals surface area contributed by atoms with E-state index in [4.69, 9.17) is 11.6 Å². The summed E-state index contributed by atoms with van der Waals surface area (Å²) in [6, 6.07) is 3.40. The summed E-state index contributed by atoms with van der Waals surface area (Å²) in [5.74, 6) is 0.104. The van der Waals surface area contributed by atoms with Gasteiger partial charge in [-0.25, -0.2) is 4.98 Å². The van der Waals surface area contributed by atoms with E-state index in [0.717, 1.165) is 24.9 Å². The normalized spacial score (nSPS) is 17.2. The predicted molar refractivity (Wildman–Crippen MR) is 59.8 cm³/mol. The van der Waals surface area contributed by atoms with E-state index in [-0.39, 0.29) is 11.3 Å². The van der Waals surface area contributed by atoms with Gasteiger partial charge in [0.05, 0.1) is 0 Å². The summed E-state index contributed by atoms with van der Waals surface area (Å²) in [7, 11) is 0. The van der Waals surface area contributed by atoms with Crippen LogP contribution in [0.25, 0.3) is 0 Å². The van der Waals surface area contributed by atoms with E-state index in [9.17, 15) is 4.79 Å². The van der Waals surface area contributed by atoms with E-state index in [2.05, 4.69) is 10.3 Å². The Morgan fingerprint density at radius 3 is 2.93 bits per heavy atom. The predicted octanol–water partition coefficient (Wildman–Crippen LogP) is 2.86. The second-order valence-corrected chi connectivity index (χ2v) is 4.34. The van der Waals surface area contributed by atoms with Gasteiger partial charge >= 0.3 is 0 Å². The maximum absolute atomic E-state index is 11.9. The largest absolute Gasteiger partial charge is 0.325 e. The summed E-state index contributed by atoms with van der Waals surface area (Å²) in [6.07, 6.45) is 4.48. The Morgan fingerprint density at radius 1 is 1.67 bits per heavy atom. The zero-order valence-electron chi connectivity index (χ0n) is 8.59. The maximum atomic E-state index is 11.9. The Balaban J connectivity index is 2.06. The van der Waals surface area contributed by atoms with E-state index >= 15 is 0 Å². The van der Waals surface area contributed by atoms with Crippen molar-refractivity contribution in [1.82, 2.24) is 4.98 Å². The molecule has 0 bridgehead atoms. The van der Waals surface area contributed by atoms with E-state index < -0.39 is 0 Å². The summed E-state index contributed by atoms with van der Waals surface area (Å²) in [5, 5.41) is 3.27. The third-order valence-electron chi connectivity index (χ3n) is 3.00. The van der Waals surface area contributed by atoms with E-state index in [0.29, 0.717) is 5.15 Å². The zero-order chi connectivity index (χ0) is 10.9. The number of hydrogen-bond acceptors (Lipinski definition) is 2. The molecule has 1 amide bonds. The number of pyridine rings is 1. The van der Waals surface area contributed by atoms with Gasteiger partial charge in [0.2, 0.25) is 5.91 Å². The molecule has 0 unspecified atom stereocenters. The molecule has 1 aromatic rings. The molecule has 1 fully saturated rings. The summed E-state index contributed by atoms with van der Waals surface area (Å²) in [5.41, 5.74) is 0.607. The molecule has 2 rings (SSSR count). The molecule has 1 saturated carbocycles. The zero-order valence-corrected chi connectivity index (χ0v) is 9.34. The standard InChI is InChI=1S/C11H13ClN2O/c1-2-11(4-5-11)10(15)14-8-3-6-13-9(12)7-8/h3,6-7H,2,4-5H2,1H3,(H,13,14,15). The number of nitrogens with zero attached hydrogens (tertiary/aromatic N) is 1. The highest BCUT2D eigenvalue weighted by Gasteiger charge is 2.47. The minimum absolute atomic E-state index is 0.104. The number of halogens is 1. The van der Waals surface area contributed by atoms with Crippen LogP contribution in [-0.4, -0.2) is 10.9 Å². The van der Waals surface area contributed by atoms with Crippen LogP contribution in [0.1, 0.15) is 26.2 Å². The summed E-state index contributed by atoms with van der Waals surface area (Å²) >= 11 is 5.73. The van der Waals surface area contributed by atoms with Gasteiger partial charge in [0, 0.05) is 17.3 Å². The van der Waals surface area contributed by atoms with Gasteiger partial charge in [0.25, 0.3) is 0 Å². The quantitative estimate of drug-likeness (QED) is 0.803. The lowest BCUT2D eigenvalue weighted by Gasteiger charge is -2.12. The molecule has 0 atom stereocenters. The number of aromatic nitrogens is 1. The van der Waals surface area contributed by atoms with Gasteiger partial charge in [-0.3, -0.25) is 4.79 Å². The van der Waals surface area contributed by atoms with Crippen LogP contribution in [0.15, 0.2) is 18.3 Å². The molecule has 0 spiro atoms. The van der Waals surface area contributed by atoms with Gasteiger partial charge < -0.3 is 5.32 Å². The number of hydrogen-bond donors (Lipinski definition) is 1. The molecule has 1 aliphatic carbocycles. The summed E-state index contributed by atoms with van der Waals surface area (Å²) in [4.78, 5) is 15.7. The molecule has 0 aromatic carbocycles. The molecular weight excluding hydrogens is 212 g/mol. The fourth-order valence-corrected chi connectivity index (χ4v) is 1.81. The first-order valence-corrected chi connectivity index (χ1v) is 5.47. The monoisotopic (exact) mass is 224 g/mol. The molecule has 3 nitrogen and oxygen atoms in total. The minimum atomic E-state index is -0.115. The van der Waals surface area contributed by atoms with Crippen LogP contribution in [0.3, 0.4) is 0 Å². The molecule has 15 heavy (non-hydrogen) atoms. The van der Waals surface area contributed by atoms with Crippen LogP contribution in [0.4, 0.5) is 5.69 Å². The highest BCUT2D eigenvalue weighted by atomic mass is 35.5. The fourth-order valence-electron chi connectivity index (χ4n) is 1.64. The molecule has 1 N–H and O–H groups in total. The maximum Gasteiger partial charge on any atom is 0.230 e.